The maximum Gasteiger partial charge on any atom is 0.181 e. The molecular formula is C13H25NO. The molecule has 1 saturated carbocycles. The summed E-state index contributed by atoms with van der Waals surface area (Å²) in [4.78, 5) is 0. The number of ether oxygens (including phenoxy) is 1. The number of hydrogen-bond donors (Lipinski definition) is 1. The van der Waals surface area contributed by atoms with Crippen molar-refractivity contribution in [3.8, 4) is 0 Å². The first-order chi connectivity index (χ1) is 6.72. The zero-order valence-corrected chi connectivity index (χ0v) is 10.9. The van der Waals surface area contributed by atoms with E-state index in [0.29, 0.717) is 11.8 Å². The third kappa shape index (κ3) is 2.96. The van der Waals surface area contributed by atoms with Gasteiger partial charge in [-0.05, 0) is 44.4 Å². The SMILES string of the molecule is CC1C(C)C(CC(=N)OC(C)(C)C)C1C. The molecule has 0 aromatic rings. The van der Waals surface area contributed by atoms with Crippen LogP contribution >= 0.6 is 0 Å². The van der Waals surface area contributed by atoms with Gasteiger partial charge in [0.05, 0.1) is 0 Å². The summed E-state index contributed by atoms with van der Waals surface area (Å²) in [7, 11) is 0. The molecule has 2 heteroatoms. The lowest BCUT2D eigenvalue weighted by Crippen LogP contribution is -2.43. The van der Waals surface area contributed by atoms with Gasteiger partial charge in [0.15, 0.2) is 5.90 Å². The van der Waals surface area contributed by atoms with Gasteiger partial charge in [-0.3, -0.25) is 5.41 Å². The van der Waals surface area contributed by atoms with E-state index < -0.39 is 0 Å². The van der Waals surface area contributed by atoms with E-state index in [2.05, 4.69) is 20.8 Å². The fourth-order valence-corrected chi connectivity index (χ4v) is 2.59. The molecule has 0 amide bonds. The minimum atomic E-state index is -0.223. The molecule has 15 heavy (non-hydrogen) atoms. The summed E-state index contributed by atoms with van der Waals surface area (Å²) >= 11 is 0. The summed E-state index contributed by atoms with van der Waals surface area (Å²) < 4.78 is 5.56. The van der Waals surface area contributed by atoms with Crippen LogP contribution in [-0.4, -0.2) is 11.5 Å². The van der Waals surface area contributed by atoms with Crippen LogP contribution in [-0.2, 0) is 4.74 Å². The van der Waals surface area contributed by atoms with Gasteiger partial charge >= 0.3 is 0 Å². The number of nitrogens with one attached hydrogen (secondary N) is 1. The van der Waals surface area contributed by atoms with Crippen LogP contribution in [0.1, 0.15) is 48.0 Å². The van der Waals surface area contributed by atoms with Gasteiger partial charge in [-0.1, -0.05) is 20.8 Å². The van der Waals surface area contributed by atoms with Crippen molar-refractivity contribution in [3.05, 3.63) is 0 Å². The van der Waals surface area contributed by atoms with E-state index in [9.17, 15) is 0 Å². The molecule has 0 heterocycles. The normalized spacial score (nSPS) is 35.9. The molecule has 0 aliphatic heterocycles. The second kappa shape index (κ2) is 4.15. The van der Waals surface area contributed by atoms with Gasteiger partial charge in [0.1, 0.15) is 5.60 Å². The lowest BCUT2D eigenvalue weighted by molar-refractivity contribution is 0.0116. The summed E-state index contributed by atoms with van der Waals surface area (Å²) in [5, 5.41) is 7.84. The van der Waals surface area contributed by atoms with Crippen LogP contribution < -0.4 is 0 Å². The molecule has 88 valence electrons. The third-order valence-corrected chi connectivity index (χ3v) is 3.86. The van der Waals surface area contributed by atoms with E-state index in [4.69, 9.17) is 10.1 Å². The molecule has 1 aliphatic rings. The zero-order valence-electron chi connectivity index (χ0n) is 10.9. The first kappa shape index (κ1) is 12.5. The van der Waals surface area contributed by atoms with Crippen molar-refractivity contribution in [1.82, 2.24) is 0 Å². The second-order valence-electron chi connectivity index (χ2n) is 6.08. The van der Waals surface area contributed by atoms with E-state index in [1.54, 1.807) is 0 Å². The van der Waals surface area contributed by atoms with E-state index in [1.807, 2.05) is 20.8 Å². The first-order valence-electron chi connectivity index (χ1n) is 5.99. The summed E-state index contributed by atoms with van der Waals surface area (Å²) in [5.41, 5.74) is -0.223. The Bertz CT molecular complexity index is 231. The average molecular weight is 211 g/mol. The van der Waals surface area contributed by atoms with Gasteiger partial charge in [0.25, 0.3) is 0 Å². The molecule has 0 radical (unpaired) electrons. The van der Waals surface area contributed by atoms with Crippen molar-refractivity contribution >= 4 is 5.90 Å². The van der Waals surface area contributed by atoms with Crippen LogP contribution in [0.25, 0.3) is 0 Å². The van der Waals surface area contributed by atoms with E-state index in [0.717, 1.165) is 24.2 Å². The van der Waals surface area contributed by atoms with Gasteiger partial charge in [-0.25, -0.2) is 0 Å². The highest BCUT2D eigenvalue weighted by atomic mass is 16.5. The van der Waals surface area contributed by atoms with Crippen molar-refractivity contribution in [2.75, 3.05) is 0 Å². The summed E-state index contributed by atoms with van der Waals surface area (Å²) in [6.07, 6.45) is 0.809. The van der Waals surface area contributed by atoms with Gasteiger partial charge in [0, 0.05) is 6.42 Å². The molecule has 1 rings (SSSR count). The summed E-state index contributed by atoms with van der Waals surface area (Å²) in [6.45, 7) is 12.9. The van der Waals surface area contributed by atoms with Crippen molar-refractivity contribution in [2.45, 2.75) is 53.6 Å². The van der Waals surface area contributed by atoms with Crippen molar-refractivity contribution in [3.63, 3.8) is 0 Å². The summed E-state index contributed by atoms with van der Waals surface area (Å²) in [6, 6.07) is 0. The Morgan fingerprint density at radius 1 is 1.07 bits per heavy atom. The van der Waals surface area contributed by atoms with Crippen LogP contribution in [0.4, 0.5) is 0 Å². The third-order valence-electron chi connectivity index (χ3n) is 3.86. The molecule has 2 atom stereocenters. The van der Waals surface area contributed by atoms with E-state index >= 15 is 0 Å². The predicted molar refractivity (Wildman–Crippen MR) is 64.2 cm³/mol. The highest BCUT2D eigenvalue weighted by Gasteiger charge is 2.42. The molecule has 0 aromatic carbocycles. The molecule has 1 N–H and O–H groups in total. The molecule has 1 aliphatic carbocycles. The van der Waals surface area contributed by atoms with E-state index in [1.165, 1.54) is 0 Å². The molecule has 1 fully saturated rings. The predicted octanol–water partition coefficient (Wildman–Crippen LogP) is 3.71. The molecule has 2 nitrogen and oxygen atoms in total. The van der Waals surface area contributed by atoms with E-state index in [-0.39, 0.29) is 5.60 Å². The van der Waals surface area contributed by atoms with Gasteiger partial charge in [-0.2, -0.15) is 0 Å². The lowest BCUT2D eigenvalue weighted by atomic mass is 9.58. The average Bonchev–Trinajstić information content (AvgIpc) is 2.09. The maximum atomic E-state index is 7.84. The van der Waals surface area contributed by atoms with Gasteiger partial charge in [0.2, 0.25) is 0 Å². The minimum absolute atomic E-state index is 0.223. The Kier molecular flexibility index (Phi) is 3.47. The van der Waals surface area contributed by atoms with Crippen molar-refractivity contribution in [2.24, 2.45) is 23.7 Å². The zero-order chi connectivity index (χ0) is 11.8. The Morgan fingerprint density at radius 3 is 1.93 bits per heavy atom. The fourth-order valence-electron chi connectivity index (χ4n) is 2.59. The van der Waals surface area contributed by atoms with Crippen LogP contribution in [0.15, 0.2) is 0 Å². The molecular weight excluding hydrogens is 186 g/mol. The number of hydrogen-bond acceptors (Lipinski definition) is 2. The quantitative estimate of drug-likeness (QED) is 0.548. The van der Waals surface area contributed by atoms with Crippen molar-refractivity contribution in [1.29, 1.82) is 5.41 Å². The van der Waals surface area contributed by atoms with Crippen molar-refractivity contribution < 1.29 is 4.74 Å². The Morgan fingerprint density at radius 2 is 1.53 bits per heavy atom. The molecule has 0 aromatic heterocycles. The Hall–Kier alpha value is -0.530. The second-order valence-corrected chi connectivity index (χ2v) is 6.08. The molecule has 0 bridgehead atoms. The van der Waals surface area contributed by atoms with Crippen LogP contribution in [0, 0.1) is 29.1 Å². The summed E-state index contributed by atoms with van der Waals surface area (Å²) in [5.74, 6) is 3.39. The molecule has 0 saturated heterocycles. The van der Waals surface area contributed by atoms with Crippen LogP contribution in [0.5, 0.6) is 0 Å². The topological polar surface area (TPSA) is 33.1 Å². The minimum Gasteiger partial charge on any atom is -0.476 e. The maximum absolute atomic E-state index is 7.84. The molecule has 0 spiro atoms. The largest absolute Gasteiger partial charge is 0.476 e. The monoisotopic (exact) mass is 211 g/mol. The smallest absolute Gasteiger partial charge is 0.181 e. The van der Waals surface area contributed by atoms with Crippen LogP contribution in [0.2, 0.25) is 0 Å². The van der Waals surface area contributed by atoms with Gasteiger partial charge in [-0.15, -0.1) is 0 Å². The lowest BCUT2D eigenvalue weighted by Gasteiger charge is -2.48. The standard InChI is InChI=1S/C13H25NO/c1-8-9(2)11(10(8)3)7-12(14)15-13(4,5)6/h8-11,14H,7H2,1-6H3. The highest BCUT2D eigenvalue weighted by Crippen LogP contribution is 2.47. The molecule has 2 unspecified atom stereocenters. The Labute approximate surface area is 93.9 Å². The first-order valence-corrected chi connectivity index (χ1v) is 5.99. The van der Waals surface area contributed by atoms with Crippen LogP contribution in [0.3, 0.4) is 0 Å². The fraction of sp³-hybridized carbons (Fsp3) is 0.923. The Balaban J connectivity index is 2.40. The number of rotatable bonds is 2. The van der Waals surface area contributed by atoms with Gasteiger partial charge < -0.3 is 4.74 Å². The highest BCUT2D eigenvalue weighted by molar-refractivity contribution is 5.73.